The van der Waals surface area contributed by atoms with E-state index in [1.165, 1.54) is 21.6 Å². The van der Waals surface area contributed by atoms with Crippen LogP contribution in [0.1, 0.15) is 35.6 Å². The lowest BCUT2D eigenvalue weighted by Crippen LogP contribution is -2.32. The van der Waals surface area contributed by atoms with Crippen LogP contribution in [0, 0.1) is 6.92 Å². The Morgan fingerprint density at radius 1 is 1.18 bits per heavy atom. The van der Waals surface area contributed by atoms with Gasteiger partial charge in [0.15, 0.2) is 0 Å². The van der Waals surface area contributed by atoms with Crippen molar-refractivity contribution in [2.75, 3.05) is 5.75 Å². The highest BCUT2D eigenvalue weighted by Crippen LogP contribution is 2.29. The fourth-order valence-corrected chi connectivity index (χ4v) is 3.84. The Kier molecular flexibility index (Phi) is 4.84. The van der Waals surface area contributed by atoms with Gasteiger partial charge in [0, 0.05) is 4.90 Å². The van der Waals surface area contributed by atoms with Gasteiger partial charge < -0.3 is 5.32 Å². The highest BCUT2D eigenvalue weighted by atomic mass is 32.2. The van der Waals surface area contributed by atoms with Crippen LogP contribution in [0.25, 0.3) is 0 Å². The zero-order valence-electron chi connectivity index (χ0n) is 12.8. The van der Waals surface area contributed by atoms with Gasteiger partial charge in [0.25, 0.3) is 0 Å². The van der Waals surface area contributed by atoms with E-state index in [1.54, 1.807) is 11.8 Å². The fraction of sp³-hybridized carbons (Fsp3) is 0.316. The van der Waals surface area contributed by atoms with Crippen molar-refractivity contribution in [2.45, 2.75) is 37.1 Å². The molecule has 1 N–H and O–H groups in total. The monoisotopic (exact) mass is 311 g/mol. The largest absolute Gasteiger partial charge is 0.349 e. The maximum absolute atomic E-state index is 12.3. The third-order valence-electron chi connectivity index (χ3n) is 4.16. The Morgan fingerprint density at radius 2 is 1.95 bits per heavy atom. The van der Waals surface area contributed by atoms with Gasteiger partial charge >= 0.3 is 0 Å². The van der Waals surface area contributed by atoms with Crippen molar-refractivity contribution in [3.05, 3.63) is 65.2 Å². The summed E-state index contributed by atoms with van der Waals surface area (Å²) < 4.78 is 0. The Hall–Kier alpha value is -1.74. The number of carbonyl (C=O) groups is 1. The summed E-state index contributed by atoms with van der Waals surface area (Å²) in [5.74, 6) is 0.596. The predicted molar refractivity (Wildman–Crippen MR) is 92.2 cm³/mol. The number of hydrogen-bond acceptors (Lipinski definition) is 2. The molecule has 0 fully saturated rings. The number of amides is 1. The van der Waals surface area contributed by atoms with Gasteiger partial charge in [-0.1, -0.05) is 42.5 Å². The molecule has 2 aromatic carbocycles. The van der Waals surface area contributed by atoms with Crippen molar-refractivity contribution in [3.8, 4) is 0 Å². The Bertz CT molecular complexity index is 668. The lowest BCUT2D eigenvalue weighted by atomic mass is 9.88. The summed E-state index contributed by atoms with van der Waals surface area (Å²) in [6, 6.07) is 16.8. The molecule has 114 valence electrons. The first-order valence-corrected chi connectivity index (χ1v) is 8.78. The number of carbonyl (C=O) groups excluding carboxylic acids is 1. The number of thioether (sulfide) groups is 1. The van der Waals surface area contributed by atoms with Gasteiger partial charge in [-0.15, -0.1) is 11.8 Å². The van der Waals surface area contributed by atoms with E-state index in [-0.39, 0.29) is 11.9 Å². The molecule has 22 heavy (non-hydrogen) atoms. The van der Waals surface area contributed by atoms with Crippen LogP contribution in [0.15, 0.2) is 53.4 Å². The van der Waals surface area contributed by atoms with Gasteiger partial charge in [-0.2, -0.15) is 0 Å². The number of benzene rings is 2. The maximum Gasteiger partial charge on any atom is 0.230 e. The van der Waals surface area contributed by atoms with Crippen molar-refractivity contribution < 1.29 is 4.79 Å². The quantitative estimate of drug-likeness (QED) is 0.854. The molecule has 0 unspecified atom stereocenters. The summed E-state index contributed by atoms with van der Waals surface area (Å²) in [4.78, 5) is 13.5. The molecular weight excluding hydrogens is 290 g/mol. The second kappa shape index (κ2) is 7.01. The molecule has 0 heterocycles. The first-order chi connectivity index (χ1) is 10.7. The molecule has 2 aromatic rings. The second-order valence-corrected chi connectivity index (χ2v) is 6.78. The SMILES string of the molecule is Cc1ccccc1SCC(=O)N[C@H]1CCCc2ccccc21. The van der Waals surface area contributed by atoms with Crippen LogP contribution in [-0.2, 0) is 11.2 Å². The van der Waals surface area contributed by atoms with Crippen molar-refractivity contribution in [3.63, 3.8) is 0 Å². The lowest BCUT2D eigenvalue weighted by Gasteiger charge is -2.26. The Morgan fingerprint density at radius 3 is 2.82 bits per heavy atom. The van der Waals surface area contributed by atoms with E-state index in [0.717, 1.165) is 19.3 Å². The van der Waals surface area contributed by atoms with Crippen molar-refractivity contribution in [1.82, 2.24) is 5.32 Å². The van der Waals surface area contributed by atoms with E-state index in [1.807, 2.05) is 12.1 Å². The number of rotatable bonds is 4. The zero-order chi connectivity index (χ0) is 15.4. The first kappa shape index (κ1) is 15.2. The molecule has 0 saturated heterocycles. The molecule has 3 heteroatoms. The highest BCUT2D eigenvalue weighted by molar-refractivity contribution is 8.00. The number of hydrogen-bond donors (Lipinski definition) is 1. The Labute approximate surface area is 136 Å². The smallest absolute Gasteiger partial charge is 0.230 e. The molecule has 1 aliphatic rings. The topological polar surface area (TPSA) is 29.1 Å². The summed E-state index contributed by atoms with van der Waals surface area (Å²) in [6.07, 6.45) is 3.31. The van der Waals surface area contributed by atoms with Crippen molar-refractivity contribution >= 4 is 17.7 Å². The van der Waals surface area contributed by atoms with Crippen LogP contribution >= 0.6 is 11.8 Å². The maximum atomic E-state index is 12.3. The summed E-state index contributed by atoms with van der Waals surface area (Å²) in [5.41, 5.74) is 3.90. The minimum atomic E-state index is 0.120. The van der Waals surface area contributed by atoms with E-state index in [2.05, 4.69) is 48.6 Å². The standard InChI is InChI=1S/C19H21NOS/c1-14-7-2-5-12-18(14)22-13-19(21)20-17-11-6-9-15-8-3-4-10-16(15)17/h2-5,7-8,10,12,17H,6,9,11,13H2,1H3,(H,20,21)/t17-/m0/s1. The summed E-state index contributed by atoms with van der Waals surface area (Å²) in [6.45, 7) is 2.08. The normalized spacial score (nSPS) is 16.9. The van der Waals surface area contributed by atoms with E-state index in [4.69, 9.17) is 0 Å². The number of aryl methyl sites for hydroxylation is 2. The van der Waals surface area contributed by atoms with Crippen LogP contribution in [0.5, 0.6) is 0 Å². The van der Waals surface area contributed by atoms with Crippen LogP contribution in [0.4, 0.5) is 0 Å². The minimum absolute atomic E-state index is 0.120. The molecule has 0 radical (unpaired) electrons. The molecule has 0 bridgehead atoms. The second-order valence-electron chi connectivity index (χ2n) is 5.77. The molecule has 1 amide bonds. The predicted octanol–water partition coefficient (Wildman–Crippen LogP) is 4.28. The number of fused-ring (bicyclic) bond motifs is 1. The molecular formula is C19H21NOS. The van der Waals surface area contributed by atoms with Gasteiger partial charge in [0.05, 0.1) is 11.8 Å². The Balaban J connectivity index is 1.60. The van der Waals surface area contributed by atoms with Gasteiger partial charge in [-0.3, -0.25) is 4.79 Å². The first-order valence-electron chi connectivity index (χ1n) is 7.79. The average Bonchev–Trinajstić information content (AvgIpc) is 2.54. The number of nitrogens with one attached hydrogen (secondary N) is 1. The van der Waals surface area contributed by atoms with Gasteiger partial charge in [0.2, 0.25) is 5.91 Å². The third-order valence-corrected chi connectivity index (χ3v) is 5.33. The van der Waals surface area contributed by atoms with Gasteiger partial charge in [0.1, 0.15) is 0 Å². The minimum Gasteiger partial charge on any atom is -0.349 e. The molecule has 1 aliphatic carbocycles. The third kappa shape index (κ3) is 3.53. The lowest BCUT2D eigenvalue weighted by molar-refractivity contribution is -0.119. The molecule has 0 aromatic heterocycles. The summed E-state index contributed by atoms with van der Waals surface area (Å²) in [7, 11) is 0. The van der Waals surface area contributed by atoms with Crippen molar-refractivity contribution in [1.29, 1.82) is 0 Å². The fourth-order valence-electron chi connectivity index (χ4n) is 3.00. The average molecular weight is 311 g/mol. The molecule has 1 atom stereocenters. The molecule has 0 aliphatic heterocycles. The summed E-state index contributed by atoms with van der Waals surface area (Å²) >= 11 is 1.61. The zero-order valence-corrected chi connectivity index (χ0v) is 13.7. The van der Waals surface area contributed by atoms with Crippen LogP contribution in [0.2, 0.25) is 0 Å². The molecule has 0 saturated carbocycles. The van der Waals surface area contributed by atoms with Crippen molar-refractivity contribution in [2.24, 2.45) is 0 Å². The molecule has 0 spiro atoms. The van der Waals surface area contributed by atoms with E-state index >= 15 is 0 Å². The molecule has 2 nitrogen and oxygen atoms in total. The van der Waals surface area contributed by atoms with Crippen LogP contribution in [-0.4, -0.2) is 11.7 Å². The van der Waals surface area contributed by atoms with Gasteiger partial charge in [-0.25, -0.2) is 0 Å². The highest BCUT2D eigenvalue weighted by Gasteiger charge is 2.21. The van der Waals surface area contributed by atoms with E-state index in [9.17, 15) is 4.79 Å². The molecule has 3 rings (SSSR count). The summed E-state index contributed by atoms with van der Waals surface area (Å²) in [5, 5.41) is 3.20. The van der Waals surface area contributed by atoms with Crippen LogP contribution in [0.3, 0.4) is 0 Å². The van der Waals surface area contributed by atoms with Gasteiger partial charge in [-0.05, 0) is 48.9 Å². The van der Waals surface area contributed by atoms with E-state index in [0.29, 0.717) is 5.75 Å². The van der Waals surface area contributed by atoms with Crippen LogP contribution < -0.4 is 5.32 Å². The van der Waals surface area contributed by atoms with E-state index < -0.39 is 0 Å².